The summed E-state index contributed by atoms with van der Waals surface area (Å²) in [6, 6.07) is 3.21. The number of hydrogen-bond acceptors (Lipinski definition) is 5. The molecule has 26 heavy (non-hydrogen) atoms. The van der Waals surface area contributed by atoms with Gasteiger partial charge in [0.1, 0.15) is 6.29 Å². The van der Waals surface area contributed by atoms with Crippen LogP contribution in [0, 0.1) is 5.92 Å². The van der Waals surface area contributed by atoms with Gasteiger partial charge in [-0.1, -0.05) is 19.9 Å². The van der Waals surface area contributed by atoms with E-state index in [0.717, 1.165) is 5.56 Å². The highest BCUT2D eigenvalue weighted by Gasteiger charge is 2.40. The summed E-state index contributed by atoms with van der Waals surface area (Å²) in [6.07, 6.45) is 1.80. The molecule has 1 aromatic heterocycles. The number of pyridine rings is 1. The molecule has 1 aromatic rings. The minimum Gasteiger partial charge on any atom is -0.340 e. The Hall–Kier alpha value is -2.06. The Kier molecular flexibility index (Phi) is 5.83. The van der Waals surface area contributed by atoms with Gasteiger partial charge in [-0.2, -0.15) is 0 Å². The van der Waals surface area contributed by atoms with Gasteiger partial charge in [0.05, 0.1) is 12.5 Å². The van der Waals surface area contributed by atoms with E-state index in [-0.39, 0.29) is 11.8 Å². The molecule has 2 amide bonds. The van der Waals surface area contributed by atoms with Crippen LogP contribution in [0.2, 0.25) is 0 Å². The quantitative estimate of drug-likeness (QED) is 0.795. The highest BCUT2D eigenvalue weighted by atomic mass is 19.1. The van der Waals surface area contributed by atoms with E-state index in [0.29, 0.717) is 32.6 Å². The molecule has 7 nitrogen and oxygen atoms in total. The van der Waals surface area contributed by atoms with Crippen LogP contribution in [-0.2, 0) is 16.0 Å². The first kappa shape index (κ1) is 18.7. The zero-order valence-corrected chi connectivity index (χ0v) is 15.2. The van der Waals surface area contributed by atoms with E-state index in [1.165, 1.54) is 0 Å². The summed E-state index contributed by atoms with van der Waals surface area (Å²) in [5, 5.41) is 5.89. The molecule has 0 saturated carbocycles. The molecule has 2 fully saturated rings. The van der Waals surface area contributed by atoms with Crippen molar-refractivity contribution in [1.29, 1.82) is 0 Å². The molecular formula is C18H26FN5O2. The molecule has 8 heteroatoms. The van der Waals surface area contributed by atoms with Crippen molar-refractivity contribution in [3.63, 3.8) is 0 Å². The lowest BCUT2D eigenvalue weighted by Crippen LogP contribution is -2.71. The number of nitrogens with zero attached hydrogens (tertiary/aromatic N) is 3. The summed E-state index contributed by atoms with van der Waals surface area (Å²) in [7, 11) is 0. The average molecular weight is 363 g/mol. The minimum atomic E-state index is -1.53. The molecule has 2 aliphatic rings. The summed E-state index contributed by atoms with van der Waals surface area (Å²) in [6.45, 7) is 6.21. The predicted octanol–water partition coefficient (Wildman–Crippen LogP) is 0.134. The molecule has 2 saturated heterocycles. The second-order valence-electron chi connectivity index (χ2n) is 7.20. The molecule has 0 bridgehead atoms. The fraction of sp³-hybridized carbons (Fsp3) is 0.611. The molecule has 0 spiro atoms. The molecule has 3 rings (SSSR count). The maximum absolute atomic E-state index is 14.1. The first-order valence-electron chi connectivity index (χ1n) is 9.07. The van der Waals surface area contributed by atoms with E-state index in [1.807, 2.05) is 35.8 Å². The predicted molar refractivity (Wildman–Crippen MR) is 94.7 cm³/mol. The molecule has 0 aliphatic carbocycles. The van der Waals surface area contributed by atoms with Crippen molar-refractivity contribution >= 4 is 11.8 Å². The first-order chi connectivity index (χ1) is 12.5. The number of piperazine rings is 1. The van der Waals surface area contributed by atoms with Crippen molar-refractivity contribution in [3.05, 3.63) is 30.1 Å². The fourth-order valence-corrected chi connectivity index (χ4v) is 3.43. The highest BCUT2D eigenvalue weighted by molar-refractivity contribution is 5.82. The summed E-state index contributed by atoms with van der Waals surface area (Å²) >= 11 is 0. The second-order valence-corrected chi connectivity index (χ2v) is 7.20. The largest absolute Gasteiger partial charge is 0.340 e. The number of rotatable bonds is 4. The smallest absolute Gasteiger partial charge is 0.258 e. The van der Waals surface area contributed by atoms with Crippen LogP contribution in [-0.4, -0.2) is 71.3 Å². The number of carbonyl (C=O) groups is 2. The standard InChI is InChI=1S/C18H26FN5O2/c1-12(2)16-15(19)17(26)22-18(21-16)24-8-6-23(7-9-24)14(25)10-13-4-3-5-20-11-13/h3-5,11-12,15-16,18,21H,6-10H2,1-2H3,(H,22,26). The summed E-state index contributed by atoms with van der Waals surface area (Å²) < 4.78 is 14.1. The lowest BCUT2D eigenvalue weighted by atomic mass is 9.97. The summed E-state index contributed by atoms with van der Waals surface area (Å²) in [5.41, 5.74) is 0.898. The van der Waals surface area contributed by atoms with Gasteiger partial charge in [-0.15, -0.1) is 0 Å². The number of halogens is 1. The second kappa shape index (κ2) is 8.09. The van der Waals surface area contributed by atoms with Crippen LogP contribution in [0.4, 0.5) is 4.39 Å². The van der Waals surface area contributed by atoms with Gasteiger partial charge >= 0.3 is 0 Å². The Bertz CT molecular complexity index is 634. The topological polar surface area (TPSA) is 77.6 Å². The van der Waals surface area contributed by atoms with Crippen molar-refractivity contribution in [2.75, 3.05) is 26.2 Å². The van der Waals surface area contributed by atoms with Crippen molar-refractivity contribution < 1.29 is 14.0 Å². The number of aromatic nitrogens is 1. The van der Waals surface area contributed by atoms with Gasteiger partial charge in [0.15, 0.2) is 6.17 Å². The van der Waals surface area contributed by atoms with Gasteiger partial charge in [-0.3, -0.25) is 24.8 Å². The van der Waals surface area contributed by atoms with Gasteiger partial charge in [0.2, 0.25) is 5.91 Å². The number of carbonyl (C=O) groups excluding carboxylic acids is 2. The fourth-order valence-electron chi connectivity index (χ4n) is 3.43. The molecule has 3 heterocycles. The average Bonchev–Trinajstić information content (AvgIpc) is 2.64. The number of nitrogens with one attached hydrogen (secondary N) is 2. The van der Waals surface area contributed by atoms with Crippen molar-refractivity contribution in [2.24, 2.45) is 5.92 Å². The lowest BCUT2D eigenvalue weighted by molar-refractivity contribution is -0.138. The van der Waals surface area contributed by atoms with Crippen LogP contribution in [0.15, 0.2) is 24.5 Å². The van der Waals surface area contributed by atoms with Crippen LogP contribution >= 0.6 is 0 Å². The van der Waals surface area contributed by atoms with Crippen molar-refractivity contribution in [1.82, 2.24) is 25.4 Å². The molecular weight excluding hydrogens is 337 g/mol. The summed E-state index contributed by atoms with van der Waals surface area (Å²) in [4.78, 5) is 32.3. The molecule has 0 aromatic carbocycles. The maximum Gasteiger partial charge on any atom is 0.258 e. The van der Waals surface area contributed by atoms with E-state index in [4.69, 9.17) is 0 Å². The molecule has 2 aliphatic heterocycles. The Morgan fingerprint density at radius 3 is 2.69 bits per heavy atom. The molecule has 2 N–H and O–H groups in total. The molecule has 142 valence electrons. The van der Waals surface area contributed by atoms with Crippen LogP contribution in [0.1, 0.15) is 19.4 Å². The Balaban J connectivity index is 1.53. The van der Waals surface area contributed by atoms with E-state index >= 15 is 0 Å². The zero-order chi connectivity index (χ0) is 18.7. The monoisotopic (exact) mass is 363 g/mol. The van der Waals surface area contributed by atoms with Gasteiger partial charge in [-0.25, -0.2) is 4.39 Å². The van der Waals surface area contributed by atoms with E-state index in [1.54, 1.807) is 12.4 Å². The number of hydrogen-bond donors (Lipinski definition) is 2. The van der Waals surface area contributed by atoms with Crippen LogP contribution < -0.4 is 10.6 Å². The third-order valence-corrected chi connectivity index (χ3v) is 5.02. The van der Waals surface area contributed by atoms with Crippen LogP contribution in [0.5, 0.6) is 0 Å². The highest BCUT2D eigenvalue weighted by Crippen LogP contribution is 2.17. The molecule has 0 radical (unpaired) electrons. The third kappa shape index (κ3) is 4.19. The first-order valence-corrected chi connectivity index (χ1v) is 9.07. The van der Waals surface area contributed by atoms with Gasteiger partial charge in [0, 0.05) is 38.6 Å². The molecule has 3 unspecified atom stereocenters. The summed E-state index contributed by atoms with van der Waals surface area (Å²) in [5.74, 6) is -0.481. The third-order valence-electron chi connectivity index (χ3n) is 5.02. The number of amides is 2. The van der Waals surface area contributed by atoms with Crippen molar-refractivity contribution in [3.8, 4) is 0 Å². The molecule has 3 atom stereocenters. The van der Waals surface area contributed by atoms with E-state index in [2.05, 4.69) is 15.6 Å². The Labute approximate surface area is 152 Å². The SMILES string of the molecule is CC(C)C1NC(N2CCN(C(=O)Cc3cccnc3)CC2)NC(=O)C1F. The van der Waals surface area contributed by atoms with Crippen LogP contribution in [0.3, 0.4) is 0 Å². The van der Waals surface area contributed by atoms with Crippen molar-refractivity contribution in [2.45, 2.75) is 38.8 Å². The van der Waals surface area contributed by atoms with Gasteiger partial charge in [0.25, 0.3) is 5.91 Å². The zero-order valence-electron chi connectivity index (χ0n) is 15.2. The van der Waals surface area contributed by atoms with Crippen LogP contribution in [0.25, 0.3) is 0 Å². The minimum absolute atomic E-state index is 0.0147. The maximum atomic E-state index is 14.1. The normalized spacial score (nSPS) is 27.5. The van der Waals surface area contributed by atoms with E-state index < -0.39 is 24.4 Å². The van der Waals surface area contributed by atoms with E-state index in [9.17, 15) is 14.0 Å². The lowest BCUT2D eigenvalue weighted by Gasteiger charge is -2.44. The van der Waals surface area contributed by atoms with Gasteiger partial charge < -0.3 is 10.2 Å². The Morgan fingerprint density at radius 2 is 2.08 bits per heavy atom. The number of alkyl halides is 1. The Morgan fingerprint density at radius 1 is 1.35 bits per heavy atom. The van der Waals surface area contributed by atoms with Gasteiger partial charge in [-0.05, 0) is 17.5 Å².